The number of guanidine groups is 1. The summed E-state index contributed by atoms with van der Waals surface area (Å²) < 4.78 is 5.37. The van der Waals surface area contributed by atoms with E-state index >= 15 is 0 Å². The Morgan fingerprint density at radius 3 is 2.76 bits per heavy atom. The van der Waals surface area contributed by atoms with Crippen LogP contribution in [0.1, 0.15) is 29.6 Å². The van der Waals surface area contributed by atoms with Gasteiger partial charge in [-0.1, -0.05) is 18.2 Å². The molecule has 138 valence electrons. The van der Waals surface area contributed by atoms with Crippen molar-refractivity contribution in [1.29, 1.82) is 0 Å². The average Bonchev–Trinajstić information content (AvgIpc) is 3.02. The lowest BCUT2D eigenvalue weighted by atomic mass is 10.2. The van der Waals surface area contributed by atoms with Gasteiger partial charge in [0.15, 0.2) is 5.96 Å². The average molecular weight is 474 g/mol. The normalized spacial score (nSPS) is 10.9. The molecule has 0 atom stereocenters. The molecule has 25 heavy (non-hydrogen) atoms. The van der Waals surface area contributed by atoms with Gasteiger partial charge in [-0.25, -0.2) is 9.98 Å². The second-order valence-corrected chi connectivity index (χ2v) is 6.36. The molecular weight excluding hydrogens is 447 g/mol. The van der Waals surface area contributed by atoms with E-state index in [-0.39, 0.29) is 24.0 Å². The SMILES string of the molecule is CCNC(=NCc1ccccc1OC)NCCCc1nc(C)cs1.I. The zero-order valence-electron chi connectivity index (χ0n) is 15.0. The molecule has 0 radical (unpaired) electrons. The zero-order chi connectivity index (χ0) is 17.2. The summed E-state index contributed by atoms with van der Waals surface area (Å²) in [5, 5.41) is 9.96. The Kier molecular flexibility index (Phi) is 10.5. The zero-order valence-corrected chi connectivity index (χ0v) is 18.2. The highest BCUT2D eigenvalue weighted by atomic mass is 127. The van der Waals surface area contributed by atoms with E-state index in [2.05, 4.69) is 32.9 Å². The first-order valence-electron chi connectivity index (χ1n) is 8.28. The van der Waals surface area contributed by atoms with E-state index in [1.807, 2.05) is 31.2 Å². The number of ether oxygens (including phenoxy) is 1. The van der Waals surface area contributed by atoms with Gasteiger partial charge >= 0.3 is 0 Å². The number of hydrogen-bond acceptors (Lipinski definition) is 4. The summed E-state index contributed by atoms with van der Waals surface area (Å²) in [6.07, 6.45) is 2.03. The molecule has 7 heteroatoms. The molecule has 0 aliphatic carbocycles. The number of aliphatic imine (C=N–C) groups is 1. The summed E-state index contributed by atoms with van der Waals surface area (Å²) in [6.45, 7) is 6.40. The Morgan fingerprint density at radius 1 is 1.28 bits per heavy atom. The monoisotopic (exact) mass is 474 g/mol. The van der Waals surface area contributed by atoms with Crippen LogP contribution in [0.2, 0.25) is 0 Å². The van der Waals surface area contributed by atoms with Crippen LogP contribution in [-0.2, 0) is 13.0 Å². The second kappa shape index (κ2) is 12.1. The lowest BCUT2D eigenvalue weighted by molar-refractivity contribution is 0.410. The molecule has 0 saturated carbocycles. The van der Waals surface area contributed by atoms with Crippen LogP contribution in [0.3, 0.4) is 0 Å². The Labute approximate surface area is 171 Å². The van der Waals surface area contributed by atoms with Gasteiger partial charge in [0.05, 0.1) is 18.7 Å². The molecule has 0 saturated heterocycles. The van der Waals surface area contributed by atoms with E-state index in [0.717, 1.165) is 48.9 Å². The van der Waals surface area contributed by atoms with Crippen LogP contribution < -0.4 is 15.4 Å². The molecule has 0 spiro atoms. The fraction of sp³-hybridized carbons (Fsp3) is 0.444. The maximum Gasteiger partial charge on any atom is 0.191 e. The van der Waals surface area contributed by atoms with Crippen LogP contribution in [-0.4, -0.2) is 31.1 Å². The lowest BCUT2D eigenvalue weighted by Gasteiger charge is -2.12. The fourth-order valence-corrected chi connectivity index (χ4v) is 3.12. The minimum Gasteiger partial charge on any atom is -0.496 e. The molecule has 0 amide bonds. The molecule has 0 unspecified atom stereocenters. The highest BCUT2D eigenvalue weighted by Crippen LogP contribution is 2.17. The van der Waals surface area contributed by atoms with Crippen LogP contribution in [0.15, 0.2) is 34.6 Å². The smallest absolute Gasteiger partial charge is 0.191 e. The summed E-state index contributed by atoms with van der Waals surface area (Å²) in [5.41, 5.74) is 2.19. The van der Waals surface area contributed by atoms with Crippen molar-refractivity contribution in [2.24, 2.45) is 4.99 Å². The van der Waals surface area contributed by atoms with Crippen LogP contribution in [0, 0.1) is 6.92 Å². The minimum atomic E-state index is 0. The van der Waals surface area contributed by atoms with Crippen LogP contribution in [0.25, 0.3) is 0 Å². The number of aromatic nitrogens is 1. The first-order valence-corrected chi connectivity index (χ1v) is 9.16. The molecule has 0 bridgehead atoms. The molecule has 2 N–H and O–H groups in total. The number of nitrogens with one attached hydrogen (secondary N) is 2. The number of benzene rings is 1. The standard InChI is InChI=1S/C18H26N4OS.HI/c1-4-19-18(20-11-7-10-17-22-14(2)13-24-17)21-12-15-8-5-6-9-16(15)23-3;/h5-6,8-9,13H,4,7,10-12H2,1-3H3,(H2,19,20,21);1H. The van der Waals surface area contributed by atoms with E-state index in [1.165, 1.54) is 5.01 Å². The predicted octanol–water partition coefficient (Wildman–Crippen LogP) is 3.77. The number of hydrogen-bond donors (Lipinski definition) is 2. The molecule has 1 aromatic carbocycles. The van der Waals surface area contributed by atoms with Crippen molar-refractivity contribution in [1.82, 2.24) is 15.6 Å². The van der Waals surface area contributed by atoms with E-state index in [0.29, 0.717) is 6.54 Å². The first-order chi connectivity index (χ1) is 11.7. The molecule has 1 aromatic heterocycles. The second-order valence-electron chi connectivity index (χ2n) is 5.42. The summed E-state index contributed by atoms with van der Waals surface area (Å²) in [7, 11) is 1.69. The maximum absolute atomic E-state index is 5.37. The highest BCUT2D eigenvalue weighted by Gasteiger charge is 2.03. The van der Waals surface area contributed by atoms with Crippen LogP contribution >= 0.6 is 35.3 Å². The molecule has 0 aliphatic heterocycles. The van der Waals surface area contributed by atoms with E-state index in [1.54, 1.807) is 18.4 Å². The van der Waals surface area contributed by atoms with Gasteiger partial charge in [-0.05, 0) is 26.3 Å². The van der Waals surface area contributed by atoms with Crippen molar-refractivity contribution in [3.05, 3.63) is 45.9 Å². The number of nitrogens with zero attached hydrogens (tertiary/aromatic N) is 2. The van der Waals surface area contributed by atoms with Crippen molar-refractivity contribution in [2.45, 2.75) is 33.2 Å². The Morgan fingerprint density at radius 2 is 2.08 bits per heavy atom. The third-order valence-corrected chi connectivity index (χ3v) is 4.50. The number of aryl methyl sites for hydroxylation is 2. The van der Waals surface area contributed by atoms with Crippen molar-refractivity contribution in [3.63, 3.8) is 0 Å². The van der Waals surface area contributed by atoms with Gasteiger partial charge in [0, 0.05) is 36.1 Å². The molecule has 1 heterocycles. The van der Waals surface area contributed by atoms with Crippen molar-refractivity contribution >= 4 is 41.3 Å². The molecule has 2 aromatic rings. The summed E-state index contributed by atoms with van der Waals surface area (Å²) in [6, 6.07) is 7.97. The molecule has 0 fully saturated rings. The van der Waals surface area contributed by atoms with Gasteiger partial charge in [-0.15, -0.1) is 35.3 Å². The van der Waals surface area contributed by atoms with Gasteiger partial charge in [0.1, 0.15) is 5.75 Å². The number of thiazole rings is 1. The number of rotatable bonds is 8. The molecule has 0 aliphatic rings. The molecule has 5 nitrogen and oxygen atoms in total. The van der Waals surface area contributed by atoms with Crippen molar-refractivity contribution in [3.8, 4) is 5.75 Å². The highest BCUT2D eigenvalue weighted by molar-refractivity contribution is 14.0. The fourth-order valence-electron chi connectivity index (χ4n) is 2.30. The van der Waals surface area contributed by atoms with Crippen LogP contribution in [0.4, 0.5) is 0 Å². The Hall–Kier alpha value is -1.35. The minimum absolute atomic E-state index is 0. The van der Waals surface area contributed by atoms with Crippen LogP contribution in [0.5, 0.6) is 5.75 Å². The lowest BCUT2D eigenvalue weighted by Crippen LogP contribution is -2.37. The number of halogens is 1. The summed E-state index contributed by atoms with van der Waals surface area (Å²) in [4.78, 5) is 9.13. The third kappa shape index (κ3) is 7.60. The van der Waals surface area contributed by atoms with E-state index in [9.17, 15) is 0 Å². The van der Waals surface area contributed by atoms with Crippen molar-refractivity contribution in [2.75, 3.05) is 20.2 Å². The number of para-hydroxylation sites is 1. The van der Waals surface area contributed by atoms with Gasteiger partial charge in [0.2, 0.25) is 0 Å². The van der Waals surface area contributed by atoms with Gasteiger partial charge in [0.25, 0.3) is 0 Å². The quantitative estimate of drug-likeness (QED) is 0.265. The molecule has 2 rings (SSSR count). The van der Waals surface area contributed by atoms with E-state index in [4.69, 9.17) is 4.74 Å². The molecular formula is C18H27IN4OS. The summed E-state index contributed by atoms with van der Waals surface area (Å²) in [5.74, 6) is 1.70. The predicted molar refractivity (Wildman–Crippen MR) is 116 cm³/mol. The third-order valence-electron chi connectivity index (χ3n) is 3.47. The maximum atomic E-state index is 5.37. The topological polar surface area (TPSA) is 58.5 Å². The first kappa shape index (κ1) is 21.7. The van der Waals surface area contributed by atoms with E-state index < -0.39 is 0 Å². The largest absolute Gasteiger partial charge is 0.496 e. The number of methoxy groups -OCH3 is 1. The van der Waals surface area contributed by atoms with Gasteiger partial charge < -0.3 is 15.4 Å². The Balaban J connectivity index is 0.00000312. The van der Waals surface area contributed by atoms with Gasteiger partial charge in [-0.2, -0.15) is 0 Å². The summed E-state index contributed by atoms with van der Waals surface area (Å²) >= 11 is 1.73. The van der Waals surface area contributed by atoms with Crippen molar-refractivity contribution < 1.29 is 4.74 Å². The Bertz CT molecular complexity index is 660. The van der Waals surface area contributed by atoms with Gasteiger partial charge in [-0.3, -0.25) is 0 Å².